The molecule has 1 aromatic heterocycles. The summed E-state index contributed by atoms with van der Waals surface area (Å²) in [7, 11) is 0. The van der Waals surface area contributed by atoms with Crippen molar-refractivity contribution in [1.29, 1.82) is 0 Å². The highest BCUT2D eigenvalue weighted by molar-refractivity contribution is 5.93. The second-order valence-electron chi connectivity index (χ2n) is 3.42. The van der Waals surface area contributed by atoms with Crippen molar-refractivity contribution in [3.05, 3.63) is 60.9 Å². The molecule has 15 heavy (non-hydrogen) atoms. The van der Waals surface area contributed by atoms with Gasteiger partial charge in [-0.15, -0.1) is 0 Å². The van der Waals surface area contributed by atoms with Crippen LogP contribution in [0.2, 0.25) is 0 Å². The summed E-state index contributed by atoms with van der Waals surface area (Å²) in [5, 5.41) is 1.05. The standard InChI is InChI=1S/C14H9O/c1-2-6-11(7-3-1)13-10-15-14-9-5-4-8-12(13)14/h1-7,9-10H. The van der Waals surface area contributed by atoms with E-state index in [2.05, 4.69) is 18.2 Å². The molecule has 0 atom stereocenters. The average molecular weight is 193 g/mol. The lowest BCUT2D eigenvalue weighted by Crippen LogP contribution is -1.73. The Kier molecular flexibility index (Phi) is 1.82. The Bertz CT molecular complexity index is 578. The fourth-order valence-electron chi connectivity index (χ4n) is 1.74. The summed E-state index contributed by atoms with van der Waals surface area (Å²) in [5.74, 6) is 0. The van der Waals surface area contributed by atoms with Gasteiger partial charge in [0.05, 0.1) is 6.26 Å². The zero-order valence-electron chi connectivity index (χ0n) is 8.10. The summed E-state index contributed by atoms with van der Waals surface area (Å²) >= 11 is 0. The van der Waals surface area contributed by atoms with Crippen molar-refractivity contribution in [1.82, 2.24) is 0 Å². The van der Waals surface area contributed by atoms with Crippen LogP contribution in [-0.2, 0) is 0 Å². The summed E-state index contributed by atoms with van der Waals surface area (Å²) in [4.78, 5) is 0. The predicted molar refractivity (Wildman–Crippen MR) is 60.5 cm³/mol. The van der Waals surface area contributed by atoms with E-state index in [0.717, 1.165) is 16.5 Å². The smallest absolute Gasteiger partial charge is 0.135 e. The van der Waals surface area contributed by atoms with Crippen LogP contribution < -0.4 is 0 Å². The summed E-state index contributed by atoms with van der Waals surface area (Å²) in [6, 6.07) is 19.2. The van der Waals surface area contributed by atoms with Gasteiger partial charge in [-0.1, -0.05) is 42.5 Å². The van der Waals surface area contributed by atoms with Crippen LogP contribution in [0.5, 0.6) is 0 Å². The molecule has 0 saturated heterocycles. The number of benzene rings is 2. The van der Waals surface area contributed by atoms with E-state index in [1.807, 2.05) is 36.4 Å². The Hall–Kier alpha value is -2.02. The van der Waals surface area contributed by atoms with Gasteiger partial charge in [-0.25, -0.2) is 0 Å². The van der Waals surface area contributed by atoms with Crippen molar-refractivity contribution in [3.63, 3.8) is 0 Å². The van der Waals surface area contributed by atoms with E-state index in [0.29, 0.717) is 0 Å². The molecular weight excluding hydrogens is 184 g/mol. The van der Waals surface area contributed by atoms with Gasteiger partial charge in [0.2, 0.25) is 0 Å². The van der Waals surface area contributed by atoms with Crippen molar-refractivity contribution in [3.8, 4) is 11.1 Å². The summed E-state index contributed by atoms with van der Waals surface area (Å²) < 4.78 is 5.47. The minimum Gasteiger partial charge on any atom is -0.464 e. The molecule has 0 unspecified atom stereocenters. The first-order valence-corrected chi connectivity index (χ1v) is 4.88. The Labute approximate surface area is 88.0 Å². The van der Waals surface area contributed by atoms with Crippen LogP contribution in [0, 0.1) is 6.07 Å². The van der Waals surface area contributed by atoms with Crippen molar-refractivity contribution in [2.75, 3.05) is 0 Å². The van der Waals surface area contributed by atoms with Crippen LogP contribution >= 0.6 is 0 Å². The quantitative estimate of drug-likeness (QED) is 0.571. The van der Waals surface area contributed by atoms with E-state index in [1.54, 1.807) is 6.26 Å². The Morgan fingerprint density at radius 3 is 2.67 bits per heavy atom. The van der Waals surface area contributed by atoms with Crippen LogP contribution in [0.1, 0.15) is 0 Å². The maximum Gasteiger partial charge on any atom is 0.135 e. The lowest BCUT2D eigenvalue weighted by Gasteiger charge is -1.96. The molecular formula is C14H9O. The first-order valence-electron chi connectivity index (χ1n) is 4.88. The van der Waals surface area contributed by atoms with E-state index in [9.17, 15) is 0 Å². The highest BCUT2D eigenvalue weighted by Crippen LogP contribution is 2.29. The molecule has 0 amide bonds. The average Bonchev–Trinajstić information content (AvgIpc) is 2.74. The first-order chi connectivity index (χ1) is 7.45. The Morgan fingerprint density at radius 1 is 0.933 bits per heavy atom. The van der Waals surface area contributed by atoms with Gasteiger partial charge in [0, 0.05) is 10.9 Å². The van der Waals surface area contributed by atoms with E-state index >= 15 is 0 Å². The molecule has 0 bridgehead atoms. The molecule has 0 aliphatic heterocycles. The Morgan fingerprint density at radius 2 is 1.80 bits per heavy atom. The molecule has 2 aromatic carbocycles. The van der Waals surface area contributed by atoms with Gasteiger partial charge in [-0.05, 0) is 17.7 Å². The van der Waals surface area contributed by atoms with E-state index < -0.39 is 0 Å². The van der Waals surface area contributed by atoms with Gasteiger partial charge < -0.3 is 4.42 Å². The molecule has 0 N–H and O–H groups in total. The lowest BCUT2D eigenvalue weighted by atomic mass is 10.1. The van der Waals surface area contributed by atoms with Gasteiger partial charge in [0.1, 0.15) is 5.58 Å². The van der Waals surface area contributed by atoms with Gasteiger partial charge in [0.25, 0.3) is 0 Å². The van der Waals surface area contributed by atoms with Gasteiger partial charge in [-0.2, -0.15) is 0 Å². The third kappa shape index (κ3) is 1.33. The molecule has 0 aliphatic rings. The van der Waals surface area contributed by atoms with E-state index in [1.165, 1.54) is 5.56 Å². The number of rotatable bonds is 1. The molecule has 1 heteroatoms. The molecule has 1 radical (unpaired) electrons. The molecule has 3 rings (SSSR count). The normalized spacial score (nSPS) is 10.7. The molecule has 1 nitrogen and oxygen atoms in total. The molecule has 0 aliphatic carbocycles. The molecule has 1 heterocycles. The fraction of sp³-hybridized carbons (Fsp3) is 0. The lowest BCUT2D eigenvalue weighted by molar-refractivity contribution is 0.617. The largest absolute Gasteiger partial charge is 0.464 e. The highest BCUT2D eigenvalue weighted by atomic mass is 16.3. The van der Waals surface area contributed by atoms with E-state index in [-0.39, 0.29) is 0 Å². The molecule has 71 valence electrons. The van der Waals surface area contributed by atoms with Gasteiger partial charge >= 0.3 is 0 Å². The first kappa shape index (κ1) is 8.30. The molecule has 0 fully saturated rings. The second kappa shape index (κ2) is 3.28. The van der Waals surface area contributed by atoms with Crippen LogP contribution in [0.25, 0.3) is 22.1 Å². The summed E-state index contributed by atoms with van der Waals surface area (Å²) in [6.45, 7) is 0. The SMILES string of the molecule is [c]1cccc2occ(-c3ccccc3)c12. The number of furan rings is 1. The number of hydrogen-bond acceptors (Lipinski definition) is 1. The number of hydrogen-bond donors (Lipinski definition) is 0. The summed E-state index contributed by atoms with van der Waals surface area (Å²) in [5.41, 5.74) is 3.15. The summed E-state index contributed by atoms with van der Waals surface area (Å²) in [6.07, 6.45) is 1.79. The van der Waals surface area contributed by atoms with Gasteiger partial charge in [0.15, 0.2) is 0 Å². The molecule has 3 aromatic rings. The maximum absolute atomic E-state index is 5.47. The highest BCUT2D eigenvalue weighted by Gasteiger charge is 2.06. The van der Waals surface area contributed by atoms with Crippen LogP contribution in [-0.4, -0.2) is 0 Å². The zero-order chi connectivity index (χ0) is 10.1. The topological polar surface area (TPSA) is 13.1 Å². The van der Waals surface area contributed by atoms with Crippen molar-refractivity contribution in [2.24, 2.45) is 0 Å². The van der Waals surface area contributed by atoms with Crippen molar-refractivity contribution >= 4 is 11.0 Å². The number of fused-ring (bicyclic) bond motifs is 1. The predicted octanol–water partition coefficient (Wildman–Crippen LogP) is 3.90. The third-order valence-corrected chi connectivity index (χ3v) is 2.48. The van der Waals surface area contributed by atoms with E-state index in [4.69, 9.17) is 4.42 Å². The minimum absolute atomic E-state index is 0.886. The van der Waals surface area contributed by atoms with Crippen LogP contribution in [0.3, 0.4) is 0 Å². The fourth-order valence-corrected chi connectivity index (χ4v) is 1.74. The van der Waals surface area contributed by atoms with Crippen molar-refractivity contribution < 1.29 is 4.42 Å². The third-order valence-electron chi connectivity index (χ3n) is 2.48. The molecule has 0 spiro atoms. The zero-order valence-corrected chi connectivity index (χ0v) is 8.10. The van der Waals surface area contributed by atoms with Gasteiger partial charge in [-0.3, -0.25) is 0 Å². The van der Waals surface area contributed by atoms with Crippen molar-refractivity contribution in [2.45, 2.75) is 0 Å². The van der Waals surface area contributed by atoms with Crippen LogP contribution in [0.4, 0.5) is 0 Å². The maximum atomic E-state index is 5.47. The molecule has 0 saturated carbocycles. The monoisotopic (exact) mass is 193 g/mol. The second-order valence-corrected chi connectivity index (χ2v) is 3.42. The minimum atomic E-state index is 0.886. The van der Waals surface area contributed by atoms with Crippen LogP contribution in [0.15, 0.2) is 59.2 Å². The Balaban J connectivity index is 2.28.